The van der Waals surface area contributed by atoms with Gasteiger partial charge in [0, 0.05) is 15.0 Å². The Balaban J connectivity index is 1.54. The first-order valence-corrected chi connectivity index (χ1v) is 12.9. The number of thiophene rings is 1. The van der Waals surface area contributed by atoms with Gasteiger partial charge in [-0.05, 0) is 81.4 Å². The number of hydrogen-bond donors (Lipinski definition) is 2. The van der Waals surface area contributed by atoms with Gasteiger partial charge in [-0.15, -0.1) is 11.3 Å². The molecule has 1 aromatic carbocycles. The molecular formula is C24H30BrN3O2S. The Morgan fingerprint density at radius 2 is 1.58 bits per heavy atom. The number of aryl methyl sites for hydroxylation is 1. The van der Waals surface area contributed by atoms with Gasteiger partial charge in [0.2, 0.25) is 5.91 Å². The predicted octanol–water partition coefficient (Wildman–Crippen LogP) is 5.85. The Morgan fingerprint density at radius 3 is 2.32 bits per heavy atom. The van der Waals surface area contributed by atoms with E-state index in [4.69, 9.17) is 0 Å². The molecule has 0 bridgehead atoms. The van der Waals surface area contributed by atoms with Gasteiger partial charge in [0.05, 0.1) is 12.1 Å². The van der Waals surface area contributed by atoms with E-state index in [0.29, 0.717) is 17.1 Å². The second kappa shape index (κ2) is 10.7. The lowest BCUT2D eigenvalue weighted by molar-refractivity contribution is -0.117. The first-order valence-electron chi connectivity index (χ1n) is 11.3. The molecule has 0 unspecified atom stereocenters. The highest BCUT2D eigenvalue weighted by atomic mass is 79.9. The number of amides is 2. The minimum Gasteiger partial charge on any atom is -0.322 e. The molecule has 5 nitrogen and oxygen atoms in total. The molecule has 1 aliphatic heterocycles. The van der Waals surface area contributed by atoms with E-state index in [1.807, 2.05) is 24.3 Å². The first-order chi connectivity index (χ1) is 15.1. The van der Waals surface area contributed by atoms with Gasteiger partial charge in [0.15, 0.2) is 0 Å². The monoisotopic (exact) mass is 503 g/mol. The molecule has 2 heterocycles. The summed E-state index contributed by atoms with van der Waals surface area (Å²) in [6.45, 7) is 2.35. The van der Waals surface area contributed by atoms with Crippen LogP contribution >= 0.6 is 27.3 Å². The summed E-state index contributed by atoms with van der Waals surface area (Å²) in [4.78, 5) is 29.7. The number of nitrogens with zero attached hydrogens (tertiary/aromatic N) is 1. The second-order valence-corrected chi connectivity index (χ2v) is 10.5. The number of nitrogens with one attached hydrogen (secondary N) is 2. The zero-order valence-electron chi connectivity index (χ0n) is 17.8. The molecule has 7 heteroatoms. The topological polar surface area (TPSA) is 61.4 Å². The SMILES string of the molecule is O=C(CN1CCCCCC1)Nc1sc2c(c1C(=O)Nc1ccc(Br)cc1)CCCCC2. The van der Waals surface area contributed by atoms with Gasteiger partial charge in [-0.25, -0.2) is 0 Å². The number of halogens is 1. The van der Waals surface area contributed by atoms with Crippen LogP contribution in [-0.2, 0) is 17.6 Å². The third-order valence-corrected chi connectivity index (χ3v) is 7.81. The van der Waals surface area contributed by atoms with Crippen molar-refractivity contribution in [1.82, 2.24) is 4.90 Å². The molecule has 2 aliphatic rings. The smallest absolute Gasteiger partial charge is 0.258 e. The average molecular weight is 504 g/mol. The molecule has 1 fully saturated rings. The highest BCUT2D eigenvalue weighted by Gasteiger charge is 2.26. The third kappa shape index (κ3) is 5.96. The fourth-order valence-electron chi connectivity index (χ4n) is 4.46. The number of rotatable bonds is 5. The normalized spacial score (nSPS) is 17.3. The summed E-state index contributed by atoms with van der Waals surface area (Å²) in [5.41, 5.74) is 2.54. The molecule has 2 amide bonds. The van der Waals surface area contributed by atoms with Crippen molar-refractivity contribution in [1.29, 1.82) is 0 Å². The van der Waals surface area contributed by atoms with Gasteiger partial charge in [0.25, 0.3) is 5.91 Å². The largest absolute Gasteiger partial charge is 0.322 e. The molecular weight excluding hydrogens is 474 g/mol. The molecule has 1 aliphatic carbocycles. The van der Waals surface area contributed by atoms with Crippen LogP contribution in [0.1, 0.15) is 65.7 Å². The first kappa shape index (κ1) is 22.5. The van der Waals surface area contributed by atoms with Gasteiger partial charge in [0.1, 0.15) is 5.00 Å². The lowest BCUT2D eigenvalue weighted by atomic mass is 10.0. The van der Waals surface area contributed by atoms with Crippen LogP contribution in [0.3, 0.4) is 0 Å². The van der Waals surface area contributed by atoms with E-state index in [1.54, 1.807) is 11.3 Å². The number of carbonyl (C=O) groups excluding carboxylic acids is 2. The standard InChI is InChI=1S/C24H30BrN3O2S/c25-17-10-12-18(13-11-17)26-23(30)22-19-8-4-3-5-9-20(19)31-24(22)27-21(29)16-28-14-6-1-2-7-15-28/h10-13H,1-9,14-16H2,(H,26,30)(H,27,29). The summed E-state index contributed by atoms with van der Waals surface area (Å²) in [6, 6.07) is 7.58. The predicted molar refractivity (Wildman–Crippen MR) is 131 cm³/mol. The van der Waals surface area contributed by atoms with Gasteiger partial charge in [-0.1, -0.05) is 35.2 Å². The van der Waals surface area contributed by atoms with Crippen molar-refractivity contribution in [2.75, 3.05) is 30.3 Å². The van der Waals surface area contributed by atoms with E-state index in [2.05, 4.69) is 31.5 Å². The van der Waals surface area contributed by atoms with Crippen LogP contribution in [0.5, 0.6) is 0 Å². The third-order valence-electron chi connectivity index (χ3n) is 6.07. The maximum absolute atomic E-state index is 13.3. The molecule has 0 saturated carbocycles. The Morgan fingerprint density at radius 1 is 0.903 bits per heavy atom. The quantitative estimate of drug-likeness (QED) is 0.503. The zero-order chi connectivity index (χ0) is 21.6. The van der Waals surface area contributed by atoms with Crippen molar-refractivity contribution in [3.05, 3.63) is 44.7 Å². The molecule has 2 N–H and O–H groups in total. The molecule has 0 radical (unpaired) electrons. The fourth-order valence-corrected chi connectivity index (χ4v) is 6.03. The summed E-state index contributed by atoms with van der Waals surface area (Å²) in [5.74, 6) is -0.150. The Hall–Kier alpha value is -1.70. The summed E-state index contributed by atoms with van der Waals surface area (Å²) in [6.07, 6.45) is 10.1. The molecule has 166 valence electrons. The summed E-state index contributed by atoms with van der Waals surface area (Å²) in [7, 11) is 0. The van der Waals surface area contributed by atoms with E-state index >= 15 is 0 Å². The summed E-state index contributed by atoms with van der Waals surface area (Å²) in [5, 5.41) is 6.84. The van der Waals surface area contributed by atoms with E-state index in [0.717, 1.165) is 67.3 Å². The maximum Gasteiger partial charge on any atom is 0.258 e. The van der Waals surface area contributed by atoms with E-state index in [-0.39, 0.29) is 11.8 Å². The lowest BCUT2D eigenvalue weighted by Gasteiger charge is -2.19. The minimum absolute atomic E-state index is 0.0176. The maximum atomic E-state index is 13.3. The Bertz CT molecular complexity index is 918. The molecule has 0 spiro atoms. The second-order valence-electron chi connectivity index (χ2n) is 8.47. The molecule has 0 atom stereocenters. The Labute approximate surface area is 196 Å². The number of anilines is 2. The van der Waals surface area contributed by atoms with Crippen molar-refractivity contribution >= 4 is 49.8 Å². The number of likely N-dealkylation sites (tertiary alicyclic amines) is 1. The molecule has 1 saturated heterocycles. The molecule has 2 aromatic rings. The van der Waals surface area contributed by atoms with Crippen LogP contribution in [0.2, 0.25) is 0 Å². The summed E-state index contributed by atoms with van der Waals surface area (Å²) >= 11 is 5.02. The molecule has 1 aromatic heterocycles. The number of hydrogen-bond acceptors (Lipinski definition) is 4. The molecule has 4 rings (SSSR count). The van der Waals surface area contributed by atoms with Crippen molar-refractivity contribution in [3.8, 4) is 0 Å². The van der Waals surface area contributed by atoms with Crippen LogP contribution in [0, 0.1) is 0 Å². The van der Waals surface area contributed by atoms with Crippen molar-refractivity contribution in [2.24, 2.45) is 0 Å². The highest BCUT2D eigenvalue weighted by molar-refractivity contribution is 9.10. The van der Waals surface area contributed by atoms with Crippen LogP contribution in [0.15, 0.2) is 28.7 Å². The summed E-state index contributed by atoms with van der Waals surface area (Å²) < 4.78 is 0.969. The van der Waals surface area contributed by atoms with Crippen molar-refractivity contribution < 1.29 is 9.59 Å². The fraction of sp³-hybridized carbons (Fsp3) is 0.500. The van der Waals surface area contributed by atoms with E-state index < -0.39 is 0 Å². The van der Waals surface area contributed by atoms with Crippen molar-refractivity contribution in [2.45, 2.75) is 57.8 Å². The van der Waals surface area contributed by atoms with Crippen LogP contribution in [-0.4, -0.2) is 36.3 Å². The van der Waals surface area contributed by atoms with Gasteiger partial charge in [-0.3, -0.25) is 14.5 Å². The number of benzene rings is 1. The number of fused-ring (bicyclic) bond motifs is 1. The van der Waals surface area contributed by atoms with E-state index in [9.17, 15) is 9.59 Å². The average Bonchev–Trinajstić information content (AvgIpc) is 2.93. The van der Waals surface area contributed by atoms with Crippen LogP contribution < -0.4 is 10.6 Å². The lowest BCUT2D eigenvalue weighted by Crippen LogP contribution is -2.34. The molecule has 31 heavy (non-hydrogen) atoms. The highest BCUT2D eigenvalue weighted by Crippen LogP contribution is 2.38. The van der Waals surface area contributed by atoms with Crippen LogP contribution in [0.25, 0.3) is 0 Å². The van der Waals surface area contributed by atoms with Gasteiger partial charge >= 0.3 is 0 Å². The van der Waals surface area contributed by atoms with Crippen molar-refractivity contribution in [3.63, 3.8) is 0 Å². The zero-order valence-corrected chi connectivity index (χ0v) is 20.2. The van der Waals surface area contributed by atoms with Crippen LogP contribution in [0.4, 0.5) is 10.7 Å². The Kier molecular flexibility index (Phi) is 7.80. The number of carbonyl (C=O) groups is 2. The van der Waals surface area contributed by atoms with Gasteiger partial charge < -0.3 is 10.6 Å². The van der Waals surface area contributed by atoms with E-state index in [1.165, 1.54) is 24.1 Å². The van der Waals surface area contributed by atoms with Gasteiger partial charge in [-0.2, -0.15) is 0 Å². The minimum atomic E-state index is -0.133.